The van der Waals surface area contributed by atoms with Gasteiger partial charge in [-0.2, -0.15) is 0 Å². The molecule has 0 spiro atoms. The molecule has 0 aliphatic rings. The SMILES string of the molecule is O=[P+](O)O.[H-].[Na+].c1ccccc1. The summed E-state index contributed by atoms with van der Waals surface area (Å²) in [4.78, 5) is 14.2. The van der Waals surface area contributed by atoms with Crippen molar-refractivity contribution >= 4 is 8.25 Å². The number of benzene rings is 1. The van der Waals surface area contributed by atoms with Crippen LogP contribution < -0.4 is 29.6 Å². The third-order valence-corrected chi connectivity index (χ3v) is 0.667. The second-order valence-corrected chi connectivity index (χ2v) is 1.91. The van der Waals surface area contributed by atoms with Crippen LogP contribution in [0.1, 0.15) is 1.43 Å². The normalized spacial score (nSPS) is 6.73. The molecule has 0 aromatic heterocycles. The van der Waals surface area contributed by atoms with Gasteiger partial charge in [-0.05, 0) is 0 Å². The van der Waals surface area contributed by atoms with E-state index in [9.17, 15) is 0 Å². The molecule has 1 aromatic carbocycles. The van der Waals surface area contributed by atoms with E-state index < -0.39 is 8.25 Å². The summed E-state index contributed by atoms with van der Waals surface area (Å²) in [5.74, 6) is 0. The van der Waals surface area contributed by atoms with Crippen molar-refractivity contribution in [2.45, 2.75) is 0 Å². The number of hydrogen-bond acceptors (Lipinski definition) is 1. The van der Waals surface area contributed by atoms with Crippen molar-refractivity contribution < 1.29 is 45.3 Å². The average molecular weight is 183 g/mol. The molecule has 5 heteroatoms. The summed E-state index contributed by atoms with van der Waals surface area (Å²) in [6.45, 7) is 0. The molecule has 0 amide bonds. The van der Waals surface area contributed by atoms with Crippen molar-refractivity contribution in [1.29, 1.82) is 0 Å². The predicted molar refractivity (Wildman–Crippen MR) is 39.6 cm³/mol. The molecule has 0 heterocycles. The summed E-state index contributed by atoms with van der Waals surface area (Å²) in [6.07, 6.45) is 0. The fourth-order valence-electron chi connectivity index (χ4n) is 0.385. The first kappa shape index (κ1) is 13.8. The van der Waals surface area contributed by atoms with Gasteiger partial charge in [0.25, 0.3) is 0 Å². The van der Waals surface area contributed by atoms with Crippen LogP contribution in [0.15, 0.2) is 36.4 Å². The standard InChI is InChI=1S/C6H6.Na.HO3P.H/c1-2-4-6-5-3-1;;1-4(2)3;/h1-6H;;(H-,1,2,3);/q;+1;;-1/p+1. The molecule has 1 aromatic rings. The monoisotopic (exact) mass is 183 g/mol. The van der Waals surface area contributed by atoms with E-state index in [-0.39, 0.29) is 31.0 Å². The average Bonchev–Trinajstić information content (AvgIpc) is 1.90. The third-order valence-electron chi connectivity index (χ3n) is 0.667. The topological polar surface area (TPSA) is 57.5 Å². The maximum atomic E-state index is 8.70. The molecule has 3 nitrogen and oxygen atoms in total. The van der Waals surface area contributed by atoms with E-state index in [2.05, 4.69) is 0 Å². The van der Waals surface area contributed by atoms with Crippen LogP contribution in [-0.4, -0.2) is 9.79 Å². The van der Waals surface area contributed by atoms with Crippen LogP contribution in [0.5, 0.6) is 0 Å². The quantitative estimate of drug-likeness (QED) is 0.377. The summed E-state index contributed by atoms with van der Waals surface area (Å²) in [6, 6.07) is 12.0. The molecule has 56 valence electrons. The summed E-state index contributed by atoms with van der Waals surface area (Å²) in [7, 11) is -2.87. The molecular weight excluding hydrogens is 174 g/mol. The number of rotatable bonds is 0. The van der Waals surface area contributed by atoms with Crippen molar-refractivity contribution in [3.8, 4) is 0 Å². The molecule has 1 rings (SSSR count). The Morgan fingerprint density at radius 1 is 0.909 bits per heavy atom. The van der Waals surface area contributed by atoms with Gasteiger partial charge in [0.1, 0.15) is 0 Å². The van der Waals surface area contributed by atoms with Gasteiger partial charge in [-0.15, -0.1) is 9.79 Å². The molecule has 0 radical (unpaired) electrons. The largest absolute Gasteiger partial charge is 1.00 e. The predicted octanol–water partition coefficient (Wildman–Crippen LogP) is -1.57. The molecule has 0 fully saturated rings. The first-order valence-electron chi connectivity index (χ1n) is 2.58. The van der Waals surface area contributed by atoms with Gasteiger partial charge in [0, 0.05) is 4.57 Å². The van der Waals surface area contributed by atoms with Crippen LogP contribution in [0, 0.1) is 0 Å². The Morgan fingerprint density at radius 3 is 1.09 bits per heavy atom. The van der Waals surface area contributed by atoms with Crippen LogP contribution >= 0.6 is 8.25 Å². The molecule has 0 bridgehead atoms. The second-order valence-electron chi connectivity index (χ2n) is 1.41. The van der Waals surface area contributed by atoms with Gasteiger partial charge in [0.2, 0.25) is 0 Å². The molecule has 0 atom stereocenters. The van der Waals surface area contributed by atoms with Gasteiger partial charge >= 0.3 is 37.8 Å². The van der Waals surface area contributed by atoms with Crippen molar-refractivity contribution in [1.82, 2.24) is 0 Å². The minimum atomic E-state index is -2.87. The molecule has 0 unspecified atom stereocenters. The van der Waals surface area contributed by atoms with Crippen LogP contribution in [0.4, 0.5) is 0 Å². The van der Waals surface area contributed by atoms with E-state index in [1.807, 2.05) is 36.4 Å². The fraction of sp³-hybridized carbons (Fsp3) is 0. The van der Waals surface area contributed by atoms with E-state index >= 15 is 0 Å². The van der Waals surface area contributed by atoms with Gasteiger partial charge in [-0.25, -0.2) is 0 Å². The Labute approximate surface area is 89.8 Å². The Hall–Kier alpha value is 0.240. The van der Waals surface area contributed by atoms with Gasteiger partial charge < -0.3 is 1.43 Å². The molecular formula is C6H9NaO3P+. The first-order valence-corrected chi connectivity index (χ1v) is 3.75. The zero-order chi connectivity index (χ0) is 7.82. The first-order chi connectivity index (χ1) is 4.73. The summed E-state index contributed by atoms with van der Waals surface area (Å²) in [5.41, 5.74) is 0. The molecule has 0 aliphatic heterocycles. The van der Waals surface area contributed by atoms with Crippen LogP contribution in [0.2, 0.25) is 0 Å². The molecule has 0 aliphatic carbocycles. The number of hydrogen-bond donors (Lipinski definition) is 2. The smallest absolute Gasteiger partial charge is 1.00 e. The van der Waals surface area contributed by atoms with Crippen LogP contribution in [-0.2, 0) is 4.57 Å². The maximum absolute atomic E-state index is 8.70. The van der Waals surface area contributed by atoms with E-state index in [4.69, 9.17) is 14.4 Å². The minimum absolute atomic E-state index is 0. The molecule has 2 N–H and O–H groups in total. The van der Waals surface area contributed by atoms with Gasteiger partial charge in [0.05, 0.1) is 0 Å². The van der Waals surface area contributed by atoms with Crippen molar-refractivity contribution in [2.24, 2.45) is 0 Å². The van der Waals surface area contributed by atoms with Gasteiger partial charge in [-0.1, -0.05) is 36.4 Å². The van der Waals surface area contributed by atoms with E-state index in [0.29, 0.717) is 0 Å². The van der Waals surface area contributed by atoms with Gasteiger partial charge in [0.15, 0.2) is 0 Å². The van der Waals surface area contributed by atoms with Crippen LogP contribution in [0.3, 0.4) is 0 Å². The maximum Gasteiger partial charge on any atom is 1.00 e. The minimum Gasteiger partial charge on any atom is -1.00 e. The third kappa shape index (κ3) is 17.9. The molecule has 0 saturated carbocycles. The van der Waals surface area contributed by atoms with E-state index in [1.165, 1.54) is 0 Å². The Kier molecular flexibility index (Phi) is 12.9. The zero-order valence-corrected chi connectivity index (χ0v) is 9.11. The second kappa shape index (κ2) is 10.2. The molecule has 11 heavy (non-hydrogen) atoms. The van der Waals surface area contributed by atoms with Crippen molar-refractivity contribution in [3.05, 3.63) is 36.4 Å². The van der Waals surface area contributed by atoms with Crippen molar-refractivity contribution in [2.75, 3.05) is 0 Å². The summed E-state index contributed by atoms with van der Waals surface area (Å²) in [5, 5.41) is 0. The summed E-state index contributed by atoms with van der Waals surface area (Å²) >= 11 is 0. The van der Waals surface area contributed by atoms with Crippen molar-refractivity contribution in [3.63, 3.8) is 0 Å². The fourth-order valence-corrected chi connectivity index (χ4v) is 0.385. The Bertz CT molecular complexity index is 155. The molecule has 0 saturated heterocycles. The van der Waals surface area contributed by atoms with Crippen LogP contribution in [0.25, 0.3) is 0 Å². The zero-order valence-electron chi connectivity index (χ0n) is 7.21. The van der Waals surface area contributed by atoms with E-state index in [0.717, 1.165) is 0 Å². The van der Waals surface area contributed by atoms with Gasteiger partial charge in [-0.3, -0.25) is 0 Å². The van der Waals surface area contributed by atoms with E-state index in [1.54, 1.807) is 0 Å². The Morgan fingerprint density at radius 2 is 1.00 bits per heavy atom. The summed E-state index contributed by atoms with van der Waals surface area (Å²) < 4.78 is 8.70. The Balaban J connectivity index is -0.000000124.